The Hall–Kier alpha value is -4.10. The highest BCUT2D eigenvalue weighted by Gasteiger charge is 2.26. The van der Waals surface area contributed by atoms with Gasteiger partial charge in [0.15, 0.2) is 9.84 Å². The van der Waals surface area contributed by atoms with E-state index in [0.717, 1.165) is 11.6 Å². The molecule has 0 atom stereocenters. The Labute approximate surface area is 228 Å². The van der Waals surface area contributed by atoms with Crippen LogP contribution < -0.4 is 15.4 Å². The lowest BCUT2D eigenvalue weighted by molar-refractivity contribution is -0.124. The number of nitrogens with one attached hydrogen (secondary N) is 2. The first kappa shape index (κ1) is 28.9. The molecular weight excluding hydrogens is 547 g/mol. The summed E-state index contributed by atoms with van der Waals surface area (Å²) in [6.45, 7) is 0.678. The molecule has 0 radical (unpaired) electrons. The Morgan fingerprint density at radius 1 is 1.02 bits per heavy atom. The van der Waals surface area contributed by atoms with E-state index in [4.69, 9.17) is 4.74 Å². The number of halogens is 3. The van der Waals surface area contributed by atoms with Crippen molar-refractivity contribution in [3.8, 4) is 17.3 Å². The van der Waals surface area contributed by atoms with E-state index in [1.807, 2.05) is 6.07 Å². The first-order valence-electron chi connectivity index (χ1n) is 12.1. The van der Waals surface area contributed by atoms with Crippen LogP contribution in [-0.2, 0) is 16.4 Å². The molecule has 0 aliphatic rings. The number of aryl methyl sites for hydroxylation is 1. The van der Waals surface area contributed by atoms with Crippen molar-refractivity contribution >= 4 is 26.6 Å². The number of benzene rings is 1. The molecule has 0 fully saturated rings. The smallest absolute Gasteiger partial charge is 0.401 e. The van der Waals surface area contributed by atoms with Gasteiger partial charge in [-0.15, -0.1) is 0 Å². The fourth-order valence-electron chi connectivity index (χ4n) is 3.81. The largest absolute Gasteiger partial charge is 0.476 e. The summed E-state index contributed by atoms with van der Waals surface area (Å²) in [6.07, 6.45) is -1.56. The van der Waals surface area contributed by atoms with Gasteiger partial charge in [0.1, 0.15) is 6.61 Å². The number of fused-ring (bicyclic) bond motifs is 1. The van der Waals surface area contributed by atoms with Crippen molar-refractivity contribution in [3.63, 3.8) is 0 Å². The first-order chi connectivity index (χ1) is 18.9. The minimum Gasteiger partial charge on any atom is -0.476 e. The second kappa shape index (κ2) is 12.0. The Morgan fingerprint density at radius 3 is 2.55 bits per heavy atom. The molecule has 0 saturated heterocycles. The predicted octanol–water partition coefficient (Wildman–Crippen LogP) is 3.86. The van der Waals surface area contributed by atoms with Gasteiger partial charge in [-0.05, 0) is 48.9 Å². The molecule has 0 unspecified atom stereocenters. The molecule has 4 aromatic rings. The van der Waals surface area contributed by atoms with E-state index in [-0.39, 0.29) is 36.0 Å². The van der Waals surface area contributed by atoms with Crippen LogP contribution in [-0.4, -0.2) is 61.4 Å². The molecule has 3 heterocycles. The van der Waals surface area contributed by atoms with E-state index in [1.165, 1.54) is 6.07 Å². The van der Waals surface area contributed by atoms with Gasteiger partial charge < -0.3 is 15.4 Å². The molecule has 0 spiro atoms. The molecule has 1 aromatic carbocycles. The number of pyridine rings is 3. The summed E-state index contributed by atoms with van der Waals surface area (Å²) >= 11 is 0. The van der Waals surface area contributed by atoms with Crippen molar-refractivity contribution in [2.45, 2.75) is 24.5 Å². The number of amides is 1. The Morgan fingerprint density at radius 2 is 1.80 bits per heavy atom. The number of hydrogen-bond donors (Lipinski definition) is 2. The molecule has 1 amide bonds. The van der Waals surface area contributed by atoms with Gasteiger partial charge in [-0.2, -0.15) is 13.2 Å². The van der Waals surface area contributed by atoms with Crippen molar-refractivity contribution in [2.24, 2.45) is 0 Å². The Kier molecular flexibility index (Phi) is 8.64. The molecule has 0 saturated carbocycles. The SMILES string of the molecule is Cc1ccc(C(=O)NCc2cc3nc(-c4cccc(OCCNCC(F)(F)F)n4)ccc3cn2)cc1S(C)(=O)=O. The van der Waals surface area contributed by atoms with Gasteiger partial charge in [0.05, 0.1) is 40.6 Å². The van der Waals surface area contributed by atoms with Crippen molar-refractivity contribution in [3.05, 3.63) is 77.6 Å². The van der Waals surface area contributed by atoms with Gasteiger partial charge >= 0.3 is 6.18 Å². The van der Waals surface area contributed by atoms with Crippen LogP contribution >= 0.6 is 0 Å². The van der Waals surface area contributed by atoms with E-state index in [9.17, 15) is 26.4 Å². The summed E-state index contributed by atoms with van der Waals surface area (Å²) in [5.41, 5.74) is 2.98. The molecule has 0 bridgehead atoms. The summed E-state index contributed by atoms with van der Waals surface area (Å²) in [5, 5.41) is 5.77. The van der Waals surface area contributed by atoms with Crippen LogP contribution in [0.4, 0.5) is 13.2 Å². The summed E-state index contributed by atoms with van der Waals surface area (Å²) in [6, 6.07) is 14.9. The molecule has 0 aliphatic carbocycles. The number of aromatic nitrogens is 3. The maximum atomic E-state index is 12.7. The average Bonchev–Trinajstić information content (AvgIpc) is 2.90. The quantitative estimate of drug-likeness (QED) is 0.274. The Balaban J connectivity index is 1.43. The number of carbonyl (C=O) groups is 1. The van der Waals surface area contributed by atoms with E-state index >= 15 is 0 Å². The molecule has 4 rings (SSSR count). The van der Waals surface area contributed by atoms with Gasteiger partial charge in [-0.3, -0.25) is 9.78 Å². The lowest BCUT2D eigenvalue weighted by Crippen LogP contribution is -2.31. The second-order valence-corrected chi connectivity index (χ2v) is 11.0. The summed E-state index contributed by atoms with van der Waals surface area (Å²) < 4.78 is 66.1. The normalized spacial score (nSPS) is 11.9. The fourth-order valence-corrected chi connectivity index (χ4v) is 4.80. The molecule has 9 nitrogen and oxygen atoms in total. The molecule has 2 N–H and O–H groups in total. The van der Waals surface area contributed by atoms with E-state index in [1.54, 1.807) is 55.6 Å². The van der Waals surface area contributed by atoms with Crippen molar-refractivity contribution in [1.29, 1.82) is 0 Å². The average molecular weight is 574 g/mol. The van der Waals surface area contributed by atoms with Crippen LogP contribution in [0.3, 0.4) is 0 Å². The van der Waals surface area contributed by atoms with Gasteiger partial charge in [0, 0.05) is 36.0 Å². The molecule has 3 aromatic heterocycles. The number of ether oxygens (including phenoxy) is 1. The van der Waals surface area contributed by atoms with Crippen LogP contribution in [0.1, 0.15) is 21.6 Å². The first-order valence-corrected chi connectivity index (χ1v) is 14.0. The number of sulfone groups is 1. The third kappa shape index (κ3) is 7.73. The zero-order valence-corrected chi connectivity index (χ0v) is 22.4. The van der Waals surface area contributed by atoms with Gasteiger partial charge in [0.2, 0.25) is 5.88 Å². The molecule has 13 heteroatoms. The highest BCUT2D eigenvalue weighted by Crippen LogP contribution is 2.22. The van der Waals surface area contributed by atoms with Crippen LogP contribution in [0.25, 0.3) is 22.3 Å². The monoisotopic (exact) mass is 573 g/mol. The lowest BCUT2D eigenvalue weighted by Gasteiger charge is -2.10. The zero-order valence-electron chi connectivity index (χ0n) is 21.6. The van der Waals surface area contributed by atoms with E-state index < -0.39 is 28.5 Å². The number of alkyl halides is 3. The minimum absolute atomic E-state index is 0.00867. The number of carbonyl (C=O) groups excluding carboxylic acids is 1. The highest BCUT2D eigenvalue weighted by atomic mass is 32.2. The van der Waals surface area contributed by atoms with Crippen LogP contribution in [0.2, 0.25) is 0 Å². The van der Waals surface area contributed by atoms with Crippen LogP contribution in [0, 0.1) is 6.92 Å². The van der Waals surface area contributed by atoms with Gasteiger partial charge in [-0.25, -0.2) is 18.4 Å². The summed E-state index contributed by atoms with van der Waals surface area (Å²) in [4.78, 5) is 26.2. The Bertz CT molecular complexity index is 1650. The number of hydrogen-bond acceptors (Lipinski definition) is 8. The van der Waals surface area contributed by atoms with E-state index in [2.05, 4.69) is 25.6 Å². The summed E-state index contributed by atoms with van der Waals surface area (Å²) in [5.74, 6) is -0.190. The third-order valence-electron chi connectivity index (χ3n) is 5.75. The second-order valence-electron chi connectivity index (χ2n) is 9.00. The number of rotatable bonds is 10. The van der Waals surface area contributed by atoms with Crippen molar-refractivity contribution in [1.82, 2.24) is 25.6 Å². The molecule has 0 aliphatic heterocycles. The van der Waals surface area contributed by atoms with Gasteiger partial charge in [-0.1, -0.05) is 12.1 Å². The van der Waals surface area contributed by atoms with Crippen LogP contribution in [0.15, 0.2) is 65.7 Å². The van der Waals surface area contributed by atoms with Crippen molar-refractivity contribution < 1.29 is 31.1 Å². The van der Waals surface area contributed by atoms with Crippen molar-refractivity contribution in [2.75, 3.05) is 26.0 Å². The predicted molar refractivity (Wildman–Crippen MR) is 143 cm³/mol. The van der Waals surface area contributed by atoms with E-state index in [0.29, 0.717) is 28.2 Å². The summed E-state index contributed by atoms with van der Waals surface area (Å²) in [7, 11) is -3.48. The maximum Gasteiger partial charge on any atom is 0.401 e. The third-order valence-corrected chi connectivity index (χ3v) is 6.99. The topological polar surface area (TPSA) is 123 Å². The fraction of sp³-hybridized carbons (Fsp3) is 0.259. The number of nitrogens with zero attached hydrogens (tertiary/aromatic N) is 3. The molecular formula is C27H26F3N5O4S. The van der Waals surface area contributed by atoms with Gasteiger partial charge in [0.25, 0.3) is 5.91 Å². The standard InChI is InChI=1S/C27H26F3N5O4S/c1-17-6-7-18(12-24(17)40(2,37)38)26(36)33-15-20-13-23-19(14-32-20)8-9-22(34-23)21-4-3-5-25(35-21)39-11-10-31-16-27(28,29)30/h3-9,12-14,31H,10-11,15-16H2,1-2H3,(H,33,36). The maximum absolute atomic E-state index is 12.7. The lowest BCUT2D eigenvalue weighted by atomic mass is 10.1. The van der Waals surface area contributed by atoms with Crippen LogP contribution in [0.5, 0.6) is 5.88 Å². The highest BCUT2D eigenvalue weighted by molar-refractivity contribution is 7.90. The minimum atomic E-state index is -4.29. The molecule has 210 valence electrons. The zero-order chi connectivity index (χ0) is 28.9. The molecule has 40 heavy (non-hydrogen) atoms.